The average Bonchev–Trinajstić information content (AvgIpc) is 2.06. The van der Waals surface area contributed by atoms with Gasteiger partial charge >= 0.3 is 5.97 Å². The van der Waals surface area contributed by atoms with Gasteiger partial charge in [-0.2, -0.15) is 0 Å². The first-order valence-electron chi connectivity index (χ1n) is 4.83. The zero-order valence-corrected chi connectivity index (χ0v) is 8.32. The van der Waals surface area contributed by atoms with Gasteiger partial charge in [0.05, 0.1) is 0 Å². The summed E-state index contributed by atoms with van der Waals surface area (Å²) in [5, 5.41) is 11.6. The predicted molar refractivity (Wildman–Crippen MR) is 50.9 cm³/mol. The Labute approximate surface area is 83.1 Å². The number of amides is 1. The van der Waals surface area contributed by atoms with Gasteiger partial charge in [0.2, 0.25) is 5.91 Å². The smallest absolute Gasteiger partial charge is 0.323 e. The molecular weight excluding hydrogens is 184 g/mol. The van der Waals surface area contributed by atoms with Crippen LogP contribution in [0.25, 0.3) is 0 Å². The van der Waals surface area contributed by atoms with Gasteiger partial charge in [0.1, 0.15) is 6.54 Å². The maximum Gasteiger partial charge on any atom is 0.323 e. The summed E-state index contributed by atoms with van der Waals surface area (Å²) in [6.45, 7) is 3.81. The van der Waals surface area contributed by atoms with Gasteiger partial charge in [-0.25, -0.2) is 0 Å². The number of carboxylic acids is 1. The van der Waals surface area contributed by atoms with Crippen molar-refractivity contribution >= 4 is 11.9 Å². The zero-order chi connectivity index (χ0) is 10.6. The van der Waals surface area contributed by atoms with Crippen LogP contribution in [0.15, 0.2) is 0 Å². The van der Waals surface area contributed by atoms with Crippen LogP contribution in [0, 0.1) is 5.92 Å². The Bertz CT molecular complexity index is 226. The highest BCUT2D eigenvalue weighted by Gasteiger charge is 2.23. The Kier molecular flexibility index (Phi) is 3.88. The van der Waals surface area contributed by atoms with Crippen molar-refractivity contribution in [3.8, 4) is 0 Å². The van der Waals surface area contributed by atoms with Crippen molar-refractivity contribution in [2.24, 2.45) is 5.92 Å². The monoisotopic (exact) mass is 200 g/mol. The molecule has 0 aromatic rings. The van der Waals surface area contributed by atoms with Crippen LogP contribution in [0.3, 0.4) is 0 Å². The largest absolute Gasteiger partial charge is 0.480 e. The molecule has 1 aliphatic heterocycles. The minimum Gasteiger partial charge on any atom is -0.480 e. The van der Waals surface area contributed by atoms with E-state index in [0.717, 1.165) is 13.1 Å². The second-order valence-electron chi connectivity index (χ2n) is 3.53. The van der Waals surface area contributed by atoms with Crippen LogP contribution in [0.2, 0.25) is 0 Å². The van der Waals surface area contributed by atoms with E-state index in [2.05, 4.69) is 5.32 Å². The van der Waals surface area contributed by atoms with Gasteiger partial charge in [0.15, 0.2) is 0 Å². The number of nitrogens with one attached hydrogen (secondary N) is 1. The molecule has 0 aliphatic carbocycles. The fraction of sp³-hybridized carbons (Fsp3) is 0.778. The minimum absolute atomic E-state index is 0.0543. The highest BCUT2D eigenvalue weighted by atomic mass is 16.4. The van der Waals surface area contributed by atoms with Gasteiger partial charge in [0.25, 0.3) is 0 Å². The molecule has 0 aromatic carbocycles. The second kappa shape index (κ2) is 4.95. The molecule has 1 heterocycles. The lowest BCUT2D eigenvalue weighted by Gasteiger charge is -2.28. The number of carbonyl (C=O) groups excluding carboxylic acids is 1. The Hall–Kier alpha value is -1.10. The summed E-state index contributed by atoms with van der Waals surface area (Å²) in [6, 6.07) is 0. The summed E-state index contributed by atoms with van der Waals surface area (Å²) in [5.74, 6) is -0.612. The molecular formula is C9H16N2O3. The van der Waals surface area contributed by atoms with Gasteiger partial charge in [0, 0.05) is 13.0 Å². The van der Waals surface area contributed by atoms with Gasteiger partial charge in [-0.05, 0) is 25.9 Å². The zero-order valence-electron chi connectivity index (χ0n) is 8.32. The molecule has 0 atom stereocenters. The molecule has 0 unspecified atom stereocenters. The molecule has 14 heavy (non-hydrogen) atoms. The normalized spacial score (nSPS) is 16.1. The van der Waals surface area contributed by atoms with Crippen LogP contribution in [0.1, 0.15) is 13.3 Å². The molecule has 0 aromatic heterocycles. The number of nitrogens with zero attached hydrogens (tertiary/aromatic N) is 1. The Morgan fingerprint density at radius 3 is 2.50 bits per heavy atom. The molecule has 80 valence electrons. The predicted octanol–water partition coefficient (Wildman–Crippen LogP) is -0.471. The van der Waals surface area contributed by atoms with Crippen LogP contribution in [0.4, 0.5) is 0 Å². The van der Waals surface area contributed by atoms with Crippen LogP contribution < -0.4 is 5.32 Å². The quantitative estimate of drug-likeness (QED) is 0.629. The molecule has 0 bridgehead atoms. The SMILES string of the molecule is CCN(CC(=O)O)C(=O)CC1CNC1. The number of rotatable bonds is 5. The standard InChI is InChI=1S/C9H16N2O3/c1-2-11(6-9(13)14)8(12)3-7-4-10-5-7/h7,10H,2-6H2,1H3,(H,13,14). The number of carbonyl (C=O) groups is 2. The molecule has 5 heteroatoms. The fourth-order valence-electron chi connectivity index (χ4n) is 1.41. The second-order valence-corrected chi connectivity index (χ2v) is 3.53. The topological polar surface area (TPSA) is 69.6 Å². The summed E-state index contributed by atoms with van der Waals surface area (Å²) in [5.41, 5.74) is 0. The third kappa shape index (κ3) is 2.99. The van der Waals surface area contributed by atoms with Crippen molar-refractivity contribution in [2.75, 3.05) is 26.2 Å². The van der Waals surface area contributed by atoms with Crippen molar-refractivity contribution in [1.82, 2.24) is 10.2 Å². The van der Waals surface area contributed by atoms with Crippen LogP contribution >= 0.6 is 0 Å². The fourth-order valence-corrected chi connectivity index (χ4v) is 1.41. The number of likely N-dealkylation sites (N-methyl/N-ethyl adjacent to an activating group) is 1. The first kappa shape index (κ1) is 11.0. The van der Waals surface area contributed by atoms with E-state index in [4.69, 9.17) is 5.11 Å². The highest BCUT2D eigenvalue weighted by molar-refractivity contribution is 5.81. The van der Waals surface area contributed by atoms with E-state index < -0.39 is 5.97 Å². The Balaban J connectivity index is 2.34. The summed E-state index contributed by atoms with van der Waals surface area (Å²) < 4.78 is 0. The number of aliphatic carboxylic acids is 1. The van der Waals surface area contributed by atoms with Crippen molar-refractivity contribution in [3.05, 3.63) is 0 Å². The van der Waals surface area contributed by atoms with Crippen LogP contribution in [-0.4, -0.2) is 48.1 Å². The molecule has 1 saturated heterocycles. The highest BCUT2D eigenvalue weighted by Crippen LogP contribution is 2.10. The molecule has 5 nitrogen and oxygen atoms in total. The molecule has 1 aliphatic rings. The van der Waals surface area contributed by atoms with E-state index in [1.807, 2.05) is 0 Å². The van der Waals surface area contributed by atoms with Crippen molar-refractivity contribution in [1.29, 1.82) is 0 Å². The van der Waals surface area contributed by atoms with Crippen LogP contribution in [-0.2, 0) is 9.59 Å². The Morgan fingerprint density at radius 1 is 1.50 bits per heavy atom. The lowest BCUT2D eigenvalue weighted by molar-refractivity contribution is -0.144. The first-order valence-corrected chi connectivity index (χ1v) is 4.83. The number of carboxylic acid groups (broad SMARTS) is 1. The van der Waals surface area contributed by atoms with Gasteiger partial charge in [-0.15, -0.1) is 0 Å². The van der Waals surface area contributed by atoms with Gasteiger partial charge in [-0.3, -0.25) is 9.59 Å². The molecule has 1 fully saturated rings. The van der Waals surface area contributed by atoms with E-state index in [1.54, 1.807) is 6.92 Å². The summed E-state index contributed by atoms with van der Waals surface area (Å²) >= 11 is 0. The van der Waals surface area contributed by atoms with E-state index in [-0.39, 0.29) is 12.5 Å². The molecule has 0 spiro atoms. The van der Waals surface area contributed by atoms with Crippen LogP contribution in [0.5, 0.6) is 0 Å². The molecule has 1 rings (SSSR count). The Morgan fingerprint density at radius 2 is 2.14 bits per heavy atom. The van der Waals surface area contributed by atoms with Crippen molar-refractivity contribution < 1.29 is 14.7 Å². The lowest BCUT2D eigenvalue weighted by Crippen LogP contribution is -2.46. The molecule has 1 amide bonds. The third-order valence-corrected chi connectivity index (χ3v) is 2.39. The maximum absolute atomic E-state index is 11.5. The van der Waals surface area contributed by atoms with Gasteiger partial charge < -0.3 is 15.3 Å². The van der Waals surface area contributed by atoms with E-state index in [1.165, 1.54) is 4.90 Å². The summed E-state index contributed by atoms with van der Waals surface area (Å²) in [4.78, 5) is 23.4. The number of hydrogen-bond acceptors (Lipinski definition) is 3. The first-order chi connectivity index (χ1) is 6.63. The minimum atomic E-state index is -0.952. The van der Waals surface area contributed by atoms with E-state index in [0.29, 0.717) is 18.9 Å². The lowest BCUT2D eigenvalue weighted by atomic mass is 9.99. The summed E-state index contributed by atoms with van der Waals surface area (Å²) in [6.07, 6.45) is 0.466. The van der Waals surface area contributed by atoms with Gasteiger partial charge in [-0.1, -0.05) is 0 Å². The maximum atomic E-state index is 11.5. The number of hydrogen-bond donors (Lipinski definition) is 2. The van der Waals surface area contributed by atoms with Crippen molar-refractivity contribution in [3.63, 3.8) is 0 Å². The van der Waals surface area contributed by atoms with E-state index in [9.17, 15) is 9.59 Å². The van der Waals surface area contributed by atoms with E-state index >= 15 is 0 Å². The molecule has 2 N–H and O–H groups in total. The summed E-state index contributed by atoms with van der Waals surface area (Å²) in [7, 11) is 0. The van der Waals surface area contributed by atoms with Crippen molar-refractivity contribution in [2.45, 2.75) is 13.3 Å². The molecule has 0 saturated carbocycles. The average molecular weight is 200 g/mol. The molecule has 0 radical (unpaired) electrons. The third-order valence-electron chi connectivity index (χ3n) is 2.39.